The van der Waals surface area contributed by atoms with Gasteiger partial charge in [-0.25, -0.2) is 18.2 Å². The lowest BCUT2D eigenvalue weighted by molar-refractivity contribution is 0.325. The molecule has 1 heterocycles. The van der Waals surface area contributed by atoms with Crippen molar-refractivity contribution >= 4 is 11.1 Å². The van der Waals surface area contributed by atoms with Gasteiger partial charge in [-0.3, -0.25) is 0 Å². The molecule has 0 unspecified atom stereocenters. The lowest BCUT2D eigenvalue weighted by atomic mass is 10.0. The van der Waals surface area contributed by atoms with Gasteiger partial charge in [0.05, 0.1) is 26.9 Å². The molecule has 0 saturated carbocycles. The van der Waals surface area contributed by atoms with Crippen molar-refractivity contribution in [2.24, 2.45) is 0 Å². The molecular formula is C22H16F3NO4. The largest absolute Gasteiger partial charge is 0.493 e. The third kappa shape index (κ3) is 3.20. The van der Waals surface area contributed by atoms with Crippen molar-refractivity contribution < 1.29 is 31.8 Å². The Balaban J connectivity index is 1.85. The van der Waals surface area contributed by atoms with Crippen LogP contribution in [-0.2, 0) is 0 Å². The molecule has 0 atom stereocenters. The SMILES string of the molecule is COc1ccc(-c2ccc3nc(-c4cc(F)cc(F)c4F)oc3c2)c(OC)c1OC. The molecule has 0 spiro atoms. The number of hydrogen-bond donors (Lipinski definition) is 0. The van der Waals surface area contributed by atoms with E-state index in [1.165, 1.54) is 21.3 Å². The first-order valence-corrected chi connectivity index (χ1v) is 8.81. The topological polar surface area (TPSA) is 53.7 Å². The van der Waals surface area contributed by atoms with Gasteiger partial charge in [0.2, 0.25) is 11.6 Å². The molecule has 0 radical (unpaired) electrons. The van der Waals surface area contributed by atoms with Gasteiger partial charge in [-0.1, -0.05) is 6.07 Å². The van der Waals surface area contributed by atoms with E-state index >= 15 is 0 Å². The van der Waals surface area contributed by atoms with Crippen LogP contribution >= 0.6 is 0 Å². The zero-order chi connectivity index (χ0) is 21.4. The van der Waals surface area contributed by atoms with Crippen molar-refractivity contribution in [1.82, 2.24) is 4.98 Å². The molecule has 0 amide bonds. The summed E-state index contributed by atoms with van der Waals surface area (Å²) >= 11 is 0. The van der Waals surface area contributed by atoms with Crippen LogP contribution in [0.3, 0.4) is 0 Å². The Morgan fingerprint density at radius 1 is 0.800 bits per heavy atom. The first-order valence-electron chi connectivity index (χ1n) is 8.81. The monoisotopic (exact) mass is 415 g/mol. The van der Waals surface area contributed by atoms with Crippen LogP contribution in [-0.4, -0.2) is 26.3 Å². The Morgan fingerprint density at radius 2 is 1.57 bits per heavy atom. The molecule has 0 fully saturated rings. The molecule has 0 saturated heterocycles. The summed E-state index contributed by atoms with van der Waals surface area (Å²) in [6.45, 7) is 0. The van der Waals surface area contributed by atoms with Crippen molar-refractivity contribution in [1.29, 1.82) is 0 Å². The second-order valence-electron chi connectivity index (χ2n) is 6.33. The summed E-state index contributed by atoms with van der Waals surface area (Å²) in [5, 5.41) is 0. The Labute approximate surface area is 169 Å². The van der Waals surface area contributed by atoms with Crippen LogP contribution in [0, 0.1) is 17.5 Å². The number of methoxy groups -OCH3 is 3. The van der Waals surface area contributed by atoms with Crippen LogP contribution in [0.5, 0.6) is 17.2 Å². The van der Waals surface area contributed by atoms with Gasteiger partial charge in [0, 0.05) is 11.6 Å². The van der Waals surface area contributed by atoms with E-state index in [9.17, 15) is 13.2 Å². The number of rotatable bonds is 5. The maximum atomic E-state index is 14.1. The summed E-state index contributed by atoms with van der Waals surface area (Å²) in [5.74, 6) is -2.32. The highest BCUT2D eigenvalue weighted by atomic mass is 19.2. The molecular weight excluding hydrogens is 399 g/mol. The number of oxazole rings is 1. The Hall–Kier alpha value is -3.68. The Morgan fingerprint density at radius 3 is 2.27 bits per heavy atom. The number of fused-ring (bicyclic) bond motifs is 1. The smallest absolute Gasteiger partial charge is 0.230 e. The molecule has 30 heavy (non-hydrogen) atoms. The van der Waals surface area contributed by atoms with E-state index in [2.05, 4.69) is 4.98 Å². The molecule has 1 aromatic heterocycles. The molecule has 8 heteroatoms. The standard InChI is InChI=1S/C22H16F3NO4/c1-27-17-7-5-13(20(28-2)21(17)29-3)11-4-6-16-18(8-11)30-22(26-16)14-9-12(23)10-15(24)19(14)25/h4-10H,1-3H3. The quantitative estimate of drug-likeness (QED) is 0.397. The predicted octanol–water partition coefficient (Wildman–Crippen LogP) is 5.60. The third-order valence-corrected chi connectivity index (χ3v) is 4.63. The third-order valence-electron chi connectivity index (χ3n) is 4.63. The molecule has 4 rings (SSSR count). The number of benzene rings is 3. The highest BCUT2D eigenvalue weighted by Gasteiger charge is 2.20. The summed E-state index contributed by atoms with van der Waals surface area (Å²) in [4.78, 5) is 4.15. The van der Waals surface area contributed by atoms with Crippen molar-refractivity contribution in [3.05, 3.63) is 59.9 Å². The van der Waals surface area contributed by atoms with Crippen LogP contribution < -0.4 is 14.2 Å². The summed E-state index contributed by atoms with van der Waals surface area (Å²) < 4.78 is 63.0. The van der Waals surface area contributed by atoms with Crippen LogP contribution in [0.1, 0.15) is 0 Å². The second-order valence-corrected chi connectivity index (χ2v) is 6.33. The van der Waals surface area contributed by atoms with E-state index in [0.717, 1.165) is 6.07 Å². The molecule has 0 aliphatic heterocycles. The minimum absolute atomic E-state index is 0.225. The van der Waals surface area contributed by atoms with Gasteiger partial charge in [-0.05, 0) is 35.9 Å². The van der Waals surface area contributed by atoms with Crippen molar-refractivity contribution in [2.45, 2.75) is 0 Å². The highest BCUT2D eigenvalue weighted by molar-refractivity contribution is 5.85. The summed E-state index contributed by atoms with van der Waals surface area (Å²) in [6.07, 6.45) is 0. The fourth-order valence-corrected chi connectivity index (χ4v) is 3.25. The average Bonchev–Trinajstić information content (AvgIpc) is 3.18. The van der Waals surface area contributed by atoms with E-state index in [-0.39, 0.29) is 5.89 Å². The van der Waals surface area contributed by atoms with Crippen LogP contribution in [0.4, 0.5) is 13.2 Å². The minimum atomic E-state index is -1.32. The maximum absolute atomic E-state index is 14.1. The number of halogens is 3. The van der Waals surface area contributed by atoms with Gasteiger partial charge in [-0.15, -0.1) is 0 Å². The van der Waals surface area contributed by atoms with Gasteiger partial charge in [0.25, 0.3) is 0 Å². The average molecular weight is 415 g/mol. The zero-order valence-electron chi connectivity index (χ0n) is 16.3. The first-order chi connectivity index (χ1) is 14.5. The van der Waals surface area contributed by atoms with Crippen LogP contribution in [0.2, 0.25) is 0 Å². The molecule has 3 aromatic carbocycles. The summed E-state index contributed by atoms with van der Waals surface area (Å²) in [5.41, 5.74) is 1.71. The molecule has 0 aliphatic carbocycles. The normalized spacial score (nSPS) is 11.0. The van der Waals surface area contributed by atoms with Crippen LogP contribution in [0.15, 0.2) is 46.9 Å². The molecule has 4 aromatic rings. The van der Waals surface area contributed by atoms with Gasteiger partial charge >= 0.3 is 0 Å². The first kappa shape index (κ1) is 19.6. The van der Waals surface area contributed by atoms with E-state index in [1.807, 2.05) is 0 Å². The number of nitrogens with zero attached hydrogens (tertiary/aromatic N) is 1. The number of aromatic nitrogens is 1. The van der Waals surface area contributed by atoms with E-state index in [0.29, 0.717) is 45.5 Å². The van der Waals surface area contributed by atoms with E-state index in [4.69, 9.17) is 18.6 Å². The highest BCUT2D eigenvalue weighted by Crippen LogP contribution is 2.44. The van der Waals surface area contributed by atoms with E-state index < -0.39 is 23.0 Å². The zero-order valence-corrected chi connectivity index (χ0v) is 16.3. The summed E-state index contributed by atoms with van der Waals surface area (Å²) in [6, 6.07) is 9.91. The van der Waals surface area contributed by atoms with Gasteiger partial charge < -0.3 is 18.6 Å². The van der Waals surface area contributed by atoms with Crippen molar-refractivity contribution in [3.63, 3.8) is 0 Å². The molecule has 0 bridgehead atoms. The summed E-state index contributed by atoms with van der Waals surface area (Å²) in [7, 11) is 4.53. The molecule has 154 valence electrons. The predicted molar refractivity (Wildman–Crippen MR) is 104 cm³/mol. The van der Waals surface area contributed by atoms with Crippen molar-refractivity contribution in [3.8, 4) is 39.8 Å². The maximum Gasteiger partial charge on any atom is 0.230 e. The lowest BCUT2D eigenvalue weighted by Gasteiger charge is -2.15. The number of ether oxygens (including phenoxy) is 3. The van der Waals surface area contributed by atoms with Gasteiger partial charge in [0.1, 0.15) is 11.3 Å². The van der Waals surface area contributed by atoms with E-state index in [1.54, 1.807) is 30.3 Å². The van der Waals surface area contributed by atoms with Gasteiger partial charge in [-0.2, -0.15) is 0 Å². The molecule has 0 aliphatic rings. The fourth-order valence-electron chi connectivity index (χ4n) is 3.25. The fraction of sp³-hybridized carbons (Fsp3) is 0.136. The molecule has 0 N–H and O–H groups in total. The minimum Gasteiger partial charge on any atom is -0.493 e. The number of hydrogen-bond acceptors (Lipinski definition) is 5. The van der Waals surface area contributed by atoms with Crippen LogP contribution in [0.25, 0.3) is 33.7 Å². The lowest BCUT2D eigenvalue weighted by Crippen LogP contribution is -1.96. The Kier molecular flexibility index (Phi) is 4.99. The van der Waals surface area contributed by atoms with Gasteiger partial charge in [0.15, 0.2) is 28.7 Å². The Bertz CT molecular complexity index is 1250. The van der Waals surface area contributed by atoms with Crippen molar-refractivity contribution in [2.75, 3.05) is 21.3 Å². The second kappa shape index (κ2) is 7.62. The molecule has 5 nitrogen and oxygen atoms in total.